The number of methoxy groups -OCH3 is 1. The van der Waals surface area contributed by atoms with Crippen molar-refractivity contribution in [3.05, 3.63) is 0 Å². The molecule has 0 radical (unpaired) electrons. The van der Waals surface area contributed by atoms with Gasteiger partial charge in [-0.3, -0.25) is 4.90 Å². The summed E-state index contributed by atoms with van der Waals surface area (Å²) in [6.07, 6.45) is 1.20. The van der Waals surface area contributed by atoms with E-state index >= 15 is 0 Å². The van der Waals surface area contributed by atoms with E-state index in [1.165, 1.54) is 6.42 Å². The first-order valence-electron chi connectivity index (χ1n) is 6.34. The smallest absolute Gasteiger partial charge is 0.0749 e. The second-order valence-electron chi connectivity index (χ2n) is 6.20. The summed E-state index contributed by atoms with van der Waals surface area (Å²) in [5.74, 6) is 0. The molecule has 1 rings (SSSR count). The lowest BCUT2D eigenvalue weighted by Crippen LogP contribution is -2.63. The molecular formula is C13H28N2O. The van der Waals surface area contributed by atoms with Gasteiger partial charge in [0.2, 0.25) is 0 Å². The van der Waals surface area contributed by atoms with E-state index in [9.17, 15) is 0 Å². The lowest BCUT2D eigenvalue weighted by molar-refractivity contribution is -0.0337. The van der Waals surface area contributed by atoms with Crippen LogP contribution in [0.1, 0.15) is 41.0 Å². The van der Waals surface area contributed by atoms with Gasteiger partial charge in [0, 0.05) is 38.3 Å². The van der Waals surface area contributed by atoms with Crippen LogP contribution in [0.25, 0.3) is 0 Å². The highest BCUT2D eigenvalue weighted by molar-refractivity contribution is 4.93. The molecule has 1 fully saturated rings. The first-order valence-corrected chi connectivity index (χ1v) is 6.34. The maximum absolute atomic E-state index is 5.54. The van der Waals surface area contributed by atoms with Gasteiger partial charge in [-0.05, 0) is 34.1 Å². The van der Waals surface area contributed by atoms with E-state index in [0.717, 1.165) is 19.6 Å². The van der Waals surface area contributed by atoms with E-state index in [-0.39, 0.29) is 11.1 Å². The SMILES string of the molecule is CCC1CNC(C)(C)CN1CC(C)(C)OC. The Balaban J connectivity index is 2.66. The van der Waals surface area contributed by atoms with E-state index in [4.69, 9.17) is 4.74 Å². The Bertz CT molecular complexity index is 226. The van der Waals surface area contributed by atoms with Crippen molar-refractivity contribution in [2.24, 2.45) is 0 Å². The van der Waals surface area contributed by atoms with Crippen molar-refractivity contribution in [1.29, 1.82) is 0 Å². The summed E-state index contributed by atoms with van der Waals surface area (Å²) in [5, 5.41) is 3.61. The zero-order valence-corrected chi connectivity index (χ0v) is 11.8. The van der Waals surface area contributed by atoms with Crippen molar-refractivity contribution in [2.75, 3.05) is 26.7 Å². The third-order valence-electron chi connectivity index (χ3n) is 3.54. The normalized spacial score (nSPS) is 27.0. The van der Waals surface area contributed by atoms with Crippen LogP contribution in [0.4, 0.5) is 0 Å². The Labute approximate surface area is 101 Å². The van der Waals surface area contributed by atoms with Crippen molar-refractivity contribution >= 4 is 0 Å². The molecule has 1 unspecified atom stereocenters. The molecule has 0 aliphatic carbocycles. The molecule has 3 nitrogen and oxygen atoms in total. The number of rotatable bonds is 4. The molecule has 1 heterocycles. The summed E-state index contributed by atoms with van der Waals surface area (Å²) in [6.45, 7) is 14.3. The number of ether oxygens (including phenoxy) is 1. The topological polar surface area (TPSA) is 24.5 Å². The maximum atomic E-state index is 5.54. The minimum absolute atomic E-state index is 0.0547. The zero-order chi connectivity index (χ0) is 12.4. The van der Waals surface area contributed by atoms with Gasteiger partial charge in [-0.2, -0.15) is 0 Å². The van der Waals surface area contributed by atoms with Crippen LogP contribution >= 0.6 is 0 Å². The van der Waals surface area contributed by atoms with Gasteiger partial charge in [0.05, 0.1) is 5.60 Å². The molecule has 3 heteroatoms. The highest BCUT2D eigenvalue weighted by Crippen LogP contribution is 2.20. The van der Waals surface area contributed by atoms with Crippen LogP contribution in [0.2, 0.25) is 0 Å². The zero-order valence-electron chi connectivity index (χ0n) is 11.8. The minimum Gasteiger partial charge on any atom is -0.377 e. The average Bonchev–Trinajstić information content (AvgIpc) is 2.16. The monoisotopic (exact) mass is 228 g/mol. The quantitative estimate of drug-likeness (QED) is 0.795. The molecule has 1 aliphatic heterocycles. The molecule has 1 atom stereocenters. The summed E-state index contributed by atoms with van der Waals surface area (Å²) >= 11 is 0. The first kappa shape index (κ1) is 13.9. The lowest BCUT2D eigenvalue weighted by Gasteiger charge is -2.46. The van der Waals surface area contributed by atoms with E-state index in [2.05, 4.69) is 44.8 Å². The van der Waals surface area contributed by atoms with E-state index in [1.807, 2.05) is 0 Å². The van der Waals surface area contributed by atoms with Crippen molar-refractivity contribution < 1.29 is 4.74 Å². The number of hydrogen-bond donors (Lipinski definition) is 1. The third-order valence-corrected chi connectivity index (χ3v) is 3.54. The van der Waals surface area contributed by atoms with Gasteiger partial charge in [0.15, 0.2) is 0 Å². The van der Waals surface area contributed by atoms with Crippen LogP contribution in [0.15, 0.2) is 0 Å². The van der Waals surface area contributed by atoms with E-state index < -0.39 is 0 Å². The van der Waals surface area contributed by atoms with Crippen LogP contribution in [-0.4, -0.2) is 48.8 Å². The number of nitrogens with one attached hydrogen (secondary N) is 1. The highest BCUT2D eigenvalue weighted by Gasteiger charge is 2.34. The molecular weight excluding hydrogens is 200 g/mol. The van der Waals surface area contributed by atoms with Gasteiger partial charge in [0.25, 0.3) is 0 Å². The fourth-order valence-electron chi connectivity index (χ4n) is 2.36. The van der Waals surface area contributed by atoms with Crippen LogP contribution < -0.4 is 5.32 Å². The Morgan fingerprint density at radius 3 is 2.56 bits per heavy atom. The Morgan fingerprint density at radius 2 is 2.06 bits per heavy atom. The summed E-state index contributed by atoms with van der Waals surface area (Å²) in [5.41, 5.74) is 0.163. The molecule has 1 aliphatic rings. The molecule has 1 N–H and O–H groups in total. The Hall–Kier alpha value is -0.120. The molecule has 0 aromatic heterocycles. The standard InChI is InChI=1S/C13H28N2O/c1-7-11-8-14-12(2,3)9-15(11)10-13(4,5)16-6/h11,14H,7-10H2,1-6H3. The summed E-state index contributed by atoms with van der Waals surface area (Å²) in [7, 11) is 1.80. The van der Waals surface area contributed by atoms with Crippen LogP contribution in [0.3, 0.4) is 0 Å². The largest absolute Gasteiger partial charge is 0.377 e. The lowest BCUT2D eigenvalue weighted by atomic mass is 9.95. The molecule has 16 heavy (non-hydrogen) atoms. The number of piperazine rings is 1. The summed E-state index contributed by atoms with van der Waals surface area (Å²) in [6, 6.07) is 0.641. The van der Waals surface area contributed by atoms with Gasteiger partial charge in [-0.15, -0.1) is 0 Å². The molecule has 0 saturated carbocycles. The average molecular weight is 228 g/mol. The van der Waals surface area contributed by atoms with Crippen molar-refractivity contribution in [2.45, 2.75) is 58.2 Å². The predicted molar refractivity (Wildman–Crippen MR) is 68.8 cm³/mol. The second kappa shape index (κ2) is 5.03. The van der Waals surface area contributed by atoms with Crippen LogP contribution in [0, 0.1) is 0 Å². The molecule has 0 spiro atoms. The van der Waals surface area contributed by atoms with Gasteiger partial charge >= 0.3 is 0 Å². The van der Waals surface area contributed by atoms with E-state index in [1.54, 1.807) is 7.11 Å². The summed E-state index contributed by atoms with van der Waals surface area (Å²) < 4.78 is 5.54. The highest BCUT2D eigenvalue weighted by atomic mass is 16.5. The predicted octanol–water partition coefficient (Wildman–Crippen LogP) is 1.87. The molecule has 1 saturated heterocycles. The Morgan fingerprint density at radius 1 is 1.44 bits per heavy atom. The van der Waals surface area contributed by atoms with E-state index in [0.29, 0.717) is 6.04 Å². The second-order valence-corrected chi connectivity index (χ2v) is 6.20. The van der Waals surface area contributed by atoms with Crippen molar-refractivity contribution in [1.82, 2.24) is 10.2 Å². The van der Waals surface area contributed by atoms with Crippen molar-refractivity contribution in [3.8, 4) is 0 Å². The minimum atomic E-state index is -0.0547. The molecule has 0 aromatic carbocycles. The van der Waals surface area contributed by atoms with Crippen LogP contribution in [-0.2, 0) is 4.74 Å². The summed E-state index contributed by atoms with van der Waals surface area (Å²) in [4.78, 5) is 2.57. The van der Waals surface area contributed by atoms with Gasteiger partial charge in [-0.25, -0.2) is 0 Å². The molecule has 0 bridgehead atoms. The van der Waals surface area contributed by atoms with Gasteiger partial charge in [0.1, 0.15) is 0 Å². The molecule has 0 amide bonds. The fourth-order valence-corrected chi connectivity index (χ4v) is 2.36. The van der Waals surface area contributed by atoms with Gasteiger partial charge < -0.3 is 10.1 Å². The maximum Gasteiger partial charge on any atom is 0.0749 e. The van der Waals surface area contributed by atoms with Gasteiger partial charge in [-0.1, -0.05) is 6.92 Å². The van der Waals surface area contributed by atoms with Crippen molar-refractivity contribution in [3.63, 3.8) is 0 Å². The molecule has 96 valence electrons. The number of nitrogens with zero attached hydrogens (tertiary/aromatic N) is 1. The van der Waals surface area contributed by atoms with Crippen LogP contribution in [0.5, 0.6) is 0 Å². The fraction of sp³-hybridized carbons (Fsp3) is 1.00. The third kappa shape index (κ3) is 3.72. The molecule has 0 aromatic rings. The first-order chi connectivity index (χ1) is 7.29. The number of hydrogen-bond acceptors (Lipinski definition) is 3. The Kier molecular flexibility index (Phi) is 4.38.